The molecule has 0 unspecified atom stereocenters. The first-order valence-corrected chi connectivity index (χ1v) is 22.4. The van der Waals surface area contributed by atoms with Gasteiger partial charge in [-0.15, -0.1) is 0 Å². The number of halogens is 2. The molecule has 1 saturated heterocycles. The number of aromatic nitrogens is 6. The number of hydrogen-bond acceptors (Lipinski definition) is 12. The number of fused-ring (bicyclic) bond motifs is 1. The second kappa shape index (κ2) is 18.9. The molecule has 1 amide bonds. The molecule has 5 heterocycles. The van der Waals surface area contributed by atoms with E-state index in [9.17, 15) is 27.6 Å². The van der Waals surface area contributed by atoms with E-state index in [4.69, 9.17) is 9.47 Å². The molecule has 0 bridgehead atoms. The molecule has 1 aliphatic heterocycles. The molecule has 16 nitrogen and oxygen atoms in total. The molecule has 1 saturated carbocycles. The van der Waals surface area contributed by atoms with E-state index in [0.29, 0.717) is 60.5 Å². The zero-order valence-electron chi connectivity index (χ0n) is 34.7. The summed E-state index contributed by atoms with van der Waals surface area (Å²) in [7, 11) is -2.90. The van der Waals surface area contributed by atoms with Gasteiger partial charge in [-0.2, -0.15) is 0 Å². The first-order valence-electron chi connectivity index (χ1n) is 20.9. The van der Waals surface area contributed by atoms with E-state index in [1.807, 2.05) is 0 Å². The fourth-order valence-corrected chi connectivity index (χ4v) is 8.97. The standard InChI is InChI=1S/C45H44F2N8O8S/c1-54-40-26-48-18-15-34(40)43(57)55(45(54)59)31-11-9-30(49-25-31)10-14-38(44(58)63-32-5-3-2-4-6-32)52-42(56)35-21-37(47)39(22-36(35)46)53-64(60,61)33-12-7-27(8-13-33)29-23-50-41(51-24-29)28-16-19-62-20-17-28/h7-9,11-13,15,18,21-26,28,32,38,53H,2-6,10,14,16-17,19-20H2,1H3,(H,52,56)/t38-/m0/s1. The van der Waals surface area contributed by atoms with Gasteiger partial charge in [-0.05, 0) is 93.3 Å². The van der Waals surface area contributed by atoms with Gasteiger partial charge in [0.2, 0.25) is 0 Å². The average molecular weight is 895 g/mol. The third kappa shape index (κ3) is 9.59. The van der Waals surface area contributed by atoms with Crippen molar-refractivity contribution in [1.82, 2.24) is 34.4 Å². The molecule has 332 valence electrons. The van der Waals surface area contributed by atoms with Crippen LogP contribution in [0.5, 0.6) is 0 Å². The predicted molar refractivity (Wildman–Crippen MR) is 230 cm³/mol. The third-order valence-corrected chi connectivity index (χ3v) is 12.9. The number of aryl methyl sites for hydroxylation is 2. The number of carbonyl (C=O) groups excluding carboxylic acids is 2. The fourth-order valence-electron chi connectivity index (χ4n) is 7.91. The molecule has 2 aliphatic rings. The highest BCUT2D eigenvalue weighted by atomic mass is 32.2. The molecular formula is C45H44F2N8O8S. The summed E-state index contributed by atoms with van der Waals surface area (Å²) < 4.78 is 73.2. The van der Waals surface area contributed by atoms with E-state index in [-0.39, 0.29) is 40.8 Å². The minimum atomic E-state index is -4.42. The number of amides is 1. The second-order valence-electron chi connectivity index (χ2n) is 15.8. The fraction of sp³-hybridized carbons (Fsp3) is 0.333. The van der Waals surface area contributed by atoms with Crippen LogP contribution in [-0.4, -0.2) is 74.7 Å². The topological polar surface area (TPSA) is 206 Å². The lowest BCUT2D eigenvalue weighted by atomic mass is 9.97. The molecule has 8 rings (SSSR count). The van der Waals surface area contributed by atoms with Crippen molar-refractivity contribution in [2.45, 2.75) is 80.7 Å². The normalized spacial score (nSPS) is 15.4. The Morgan fingerprint density at radius 1 is 0.875 bits per heavy atom. The lowest BCUT2D eigenvalue weighted by Gasteiger charge is -2.25. The maximum absolute atomic E-state index is 15.6. The van der Waals surface area contributed by atoms with Crippen LogP contribution >= 0.6 is 0 Å². The zero-order chi connectivity index (χ0) is 45.0. The van der Waals surface area contributed by atoms with E-state index in [1.54, 1.807) is 30.6 Å². The summed E-state index contributed by atoms with van der Waals surface area (Å²) in [6, 6.07) is 10.1. The molecule has 1 atom stereocenters. The van der Waals surface area contributed by atoms with Crippen molar-refractivity contribution in [2.75, 3.05) is 17.9 Å². The van der Waals surface area contributed by atoms with Crippen LogP contribution in [0.25, 0.3) is 27.7 Å². The Kier molecular flexibility index (Phi) is 13.0. The van der Waals surface area contributed by atoms with E-state index < -0.39 is 62.1 Å². The molecule has 0 radical (unpaired) electrons. The lowest BCUT2D eigenvalue weighted by Crippen LogP contribution is -2.44. The summed E-state index contributed by atoms with van der Waals surface area (Å²) in [4.78, 5) is 70.6. The van der Waals surface area contributed by atoms with Gasteiger partial charge in [-0.1, -0.05) is 18.6 Å². The van der Waals surface area contributed by atoms with Crippen LogP contribution in [0.2, 0.25) is 0 Å². The molecule has 1 aliphatic carbocycles. The Balaban J connectivity index is 0.951. The second-order valence-corrected chi connectivity index (χ2v) is 17.5. The minimum Gasteiger partial charge on any atom is -0.461 e. The number of benzene rings is 2. The molecule has 0 spiro atoms. The first-order chi connectivity index (χ1) is 30.9. The summed E-state index contributed by atoms with van der Waals surface area (Å²) in [6.45, 7) is 1.30. The van der Waals surface area contributed by atoms with Gasteiger partial charge in [0.15, 0.2) is 0 Å². The monoisotopic (exact) mass is 894 g/mol. The maximum Gasteiger partial charge on any atom is 0.335 e. The van der Waals surface area contributed by atoms with Gasteiger partial charge < -0.3 is 14.8 Å². The molecule has 2 N–H and O–H groups in total. The molecule has 2 fully saturated rings. The van der Waals surface area contributed by atoms with Crippen LogP contribution in [0, 0.1) is 11.6 Å². The summed E-state index contributed by atoms with van der Waals surface area (Å²) in [5.74, 6) is -3.47. The number of sulfonamides is 1. The van der Waals surface area contributed by atoms with Gasteiger partial charge in [0.05, 0.1) is 45.1 Å². The third-order valence-electron chi connectivity index (χ3n) is 11.6. The predicted octanol–water partition coefficient (Wildman–Crippen LogP) is 5.52. The molecular weight excluding hydrogens is 851 g/mol. The smallest absolute Gasteiger partial charge is 0.335 e. The highest BCUT2D eigenvalue weighted by Gasteiger charge is 2.29. The maximum atomic E-state index is 15.6. The molecule has 6 aromatic rings. The van der Waals surface area contributed by atoms with Gasteiger partial charge in [0.1, 0.15) is 29.6 Å². The number of pyridine rings is 2. The summed E-state index contributed by atoms with van der Waals surface area (Å²) in [6.07, 6.45) is 12.8. The van der Waals surface area contributed by atoms with Gasteiger partial charge in [-0.25, -0.2) is 41.3 Å². The Hall–Kier alpha value is -6.73. The van der Waals surface area contributed by atoms with Crippen LogP contribution in [0.15, 0.2) is 100 Å². The summed E-state index contributed by atoms with van der Waals surface area (Å²) >= 11 is 0. The van der Waals surface area contributed by atoms with E-state index in [2.05, 4.69) is 30.0 Å². The Bertz CT molecular complexity index is 2920. The van der Waals surface area contributed by atoms with Crippen molar-refractivity contribution >= 4 is 38.5 Å². The Morgan fingerprint density at radius 3 is 2.31 bits per heavy atom. The Morgan fingerprint density at radius 2 is 1.61 bits per heavy atom. The highest BCUT2D eigenvalue weighted by Crippen LogP contribution is 2.28. The highest BCUT2D eigenvalue weighted by molar-refractivity contribution is 7.92. The summed E-state index contributed by atoms with van der Waals surface area (Å²) in [5.41, 5.74) is -0.364. The molecule has 64 heavy (non-hydrogen) atoms. The number of hydrogen-bond donors (Lipinski definition) is 2. The van der Waals surface area contributed by atoms with Gasteiger partial charge in [-0.3, -0.25) is 28.8 Å². The quantitative estimate of drug-likeness (QED) is 0.138. The SMILES string of the molecule is Cn1c(=O)n(-c2ccc(CC[C@H](NC(=O)c3cc(F)c(NS(=O)(=O)c4ccc(-c5cnc(C6CCOCC6)nc5)cc4)cc3F)C(=O)OC3CCCCC3)nc2)c(=O)c2ccncc21. The van der Waals surface area contributed by atoms with Crippen LogP contribution < -0.4 is 21.3 Å². The van der Waals surface area contributed by atoms with E-state index in [0.717, 1.165) is 42.5 Å². The number of nitrogens with one attached hydrogen (secondary N) is 2. The largest absolute Gasteiger partial charge is 0.461 e. The Labute approximate surface area is 365 Å². The summed E-state index contributed by atoms with van der Waals surface area (Å²) in [5, 5.41) is 2.76. The number of carbonyl (C=O) groups is 2. The van der Waals surface area contributed by atoms with Gasteiger partial charge in [0, 0.05) is 62.1 Å². The number of nitrogens with zero attached hydrogens (tertiary/aromatic N) is 6. The van der Waals surface area contributed by atoms with Gasteiger partial charge in [0.25, 0.3) is 21.5 Å². The van der Waals surface area contributed by atoms with E-state index in [1.165, 1.54) is 54.5 Å². The van der Waals surface area contributed by atoms with Crippen molar-refractivity contribution in [1.29, 1.82) is 0 Å². The number of ether oxygens (including phenoxy) is 2. The number of rotatable bonds is 13. The zero-order valence-corrected chi connectivity index (χ0v) is 35.5. The van der Waals surface area contributed by atoms with Crippen molar-refractivity contribution in [3.63, 3.8) is 0 Å². The number of esters is 1. The van der Waals surface area contributed by atoms with Gasteiger partial charge >= 0.3 is 11.7 Å². The van der Waals surface area contributed by atoms with Crippen LogP contribution in [-0.2, 0) is 37.8 Å². The van der Waals surface area contributed by atoms with Crippen molar-refractivity contribution in [3.05, 3.63) is 135 Å². The van der Waals surface area contributed by atoms with Crippen LogP contribution in [0.1, 0.15) is 79.2 Å². The average Bonchev–Trinajstić information content (AvgIpc) is 3.31. The minimum absolute atomic E-state index is 0.0657. The van der Waals surface area contributed by atoms with Crippen molar-refractivity contribution in [2.24, 2.45) is 7.05 Å². The lowest BCUT2D eigenvalue weighted by molar-refractivity contribution is -0.153. The molecule has 4 aromatic heterocycles. The van der Waals surface area contributed by atoms with Crippen LogP contribution in [0.4, 0.5) is 14.5 Å². The van der Waals surface area contributed by atoms with Crippen molar-refractivity contribution in [3.8, 4) is 16.8 Å². The van der Waals surface area contributed by atoms with Crippen LogP contribution in [0.3, 0.4) is 0 Å². The first kappa shape index (κ1) is 43.9. The molecule has 2 aromatic carbocycles. The number of anilines is 1. The van der Waals surface area contributed by atoms with Crippen molar-refractivity contribution < 1.29 is 36.3 Å². The molecule has 19 heteroatoms. The van der Waals surface area contributed by atoms with E-state index >= 15 is 8.78 Å².